The molecule has 20 heavy (non-hydrogen) atoms. The maximum absolute atomic E-state index is 11.8. The van der Waals surface area contributed by atoms with E-state index >= 15 is 0 Å². The van der Waals surface area contributed by atoms with Crippen LogP contribution in [0.15, 0.2) is 16.5 Å². The Balaban J connectivity index is 1.78. The molecule has 2 atom stereocenters. The van der Waals surface area contributed by atoms with Crippen LogP contribution in [0.25, 0.3) is 0 Å². The number of nitrogens with two attached hydrogens (primary N) is 1. The first-order valence-electron chi connectivity index (χ1n) is 6.83. The largest absolute Gasteiger partial charge is 0.464 e. The van der Waals surface area contributed by atoms with E-state index in [1.54, 1.807) is 11.9 Å². The van der Waals surface area contributed by atoms with E-state index in [0.29, 0.717) is 18.4 Å². The van der Waals surface area contributed by atoms with Crippen molar-refractivity contribution in [2.24, 2.45) is 11.7 Å². The monoisotopic (exact) mass is 279 g/mol. The quantitative estimate of drug-likeness (QED) is 0.825. The standard InChI is InChI=1S/C14H21N3O3/c1-9-7-11(9)12-4-3-10(20-12)8-17(2)13(18)5-6-16-14(15)19/h3-4,9,11H,5-8H2,1-2H3,(H3,15,16,19). The van der Waals surface area contributed by atoms with Crippen molar-refractivity contribution >= 4 is 11.9 Å². The lowest BCUT2D eigenvalue weighted by Gasteiger charge is -2.15. The van der Waals surface area contributed by atoms with Crippen molar-refractivity contribution in [3.8, 4) is 0 Å². The third kappa shape index (κ3) is 3.76. The molecule has 1 heterocycles. The van der Waals surface area contributed by atoms with Crippen LogP contribution in [0.1, 0.15) is 37.2 Å². The maximum atomic E-state index is 11.8. The molecule has 1 aromatic rings. The van der Waals surface area contributed by atoms with Crippen molar-refractivity contribution < 1.29 is 14.0 Å². The van der Waals surface area contributed by atoms with E-state index in [9.17, 15) is 9.59 Å². The number of amides is 3. The lowest BCUT2D eigenvalue weighted by molar-refractivity contribution is -0.130. The van der Waals surface area contributed by atoms with Gasteiger partial charge in [-0.15, -0.1) is 0 Å². The molecule has 0 aromatic carbocycles. The van der Waals surface area contributed by atoms with E-state index in [1.807, 2.05) is 12.1 Å². The minimum absolute atomic E-state index is 0.0588. The number of furan rings is 1. The van der Waals surface area contributed by atoms with E-state index in [4.69, 9.17) is 10.2 Å². The minimum atomic E-state index is -0.616. The van der Waals surface area contributed by atoms with Crippen LogP contribution in [-0.4, -0.2) is 30.4 Å². The molecule has 1 aliphatic carbocycles. The summed E-state index contributed by atoms with van der Waals surface area (Å²) in [7, 11) is 1.72. The first kappa shape index (κ1) is 14.4. The van der Waals surface area contributed by atoms with Gasteiger partial charge >= 0.3 is 6.03 Å². The predicted molar refractivity (Wildman–Crippen MR) is 73.9 cm³/mol. The lowest BCUT2D eigenvalue weighted by Crippen LogP contribution is -2.34. The molecule has 0 saturated heterocycles. The van der Waals surface area contributed by atoms with Crippen LogP contribution in [0.2, 0.25) is 0 Å². The molecule has 3 N–H and O–H groups in total. The zero-order valence-electron chi connectivity index (χ0n) is 11.9. The van der Waals surface area contributed by atoms with Gasteiger partial charge in [0.15, 0.2) is 0 Å². The van der Waals surface area contributed by atoms with Crippen LogP contribution in [0.4, 0.5) is 4.79 Å². The average Bonchev–Trinajstić information content (AvgIpc) is 2.93. The predicted octanol–water partition coefficient (Wildman–Crippen LogP) is 1.42. The molecule has 6 nitrogen and oxygen atoms in total. The maximum Gasteiger partial charge on any atom is 0.312 e. The first-order chi connectivity index (χ1) is 9.47. The number of nitrogens with one attached hydrogen (secondary N) is 1. The molecular weight excluding hydrogens is 258 g/mol. The smallest absolute Gasteiger partial charge is 0.312 e. The Labute approximate surface area is 118 Å². The van der Waals surface area contributed by atoms with Crippen molar-refractivity contribution in [1.29, 1.82) is 0 Å². The van der Waals surface area contributed by atoms with Gasteiger partial charge in [0.1, 0.15) is 11.5 Å². The Morgan fingerprint density at radius 1 is 1.50 bits per heavy atom. The number of rotatable bonds is 6. The van der Waals surface area contributed by atoms with Gasteiger partial charge in [-0.3, -0.25) is 4.79 Å². The van der Waals surface area contributed by atoms with Crippen molar-refractivity contribution in [2.75, 3.05) is 13.6 Å². The Morgan fingerprint density at radius 3 is 2.80 bits per heavy atom. The third-order valence-electron chi connectivity index (χ3n) is 3.61. The van der Waals surface area contributed by atoms with Gasteiger partial charge in [-0.2, -0.15) is 0 Å². The summed E-state index contributed by atoms with van der Waals surface area (Å²) in [5.74, 6) is 3.00. The fourth-order valence-electron chi connectivity index (χ4n) is 2.20. The Kier molecular flexibility index (Phi) is 4.32. The van der Waals surface area contributed by atoms with Gasteiger partial charge in [-0.25, -0.2) is 4.79 Å². The highest BCUT2D eigenvalue weighted by Gasteiger charge is 2.36. The third-order valence-corrected chi connectivity index (χ3v) is 3.61. The second kappa shape index (κ2) is 5.98. The highest BCUT2D eigenvalue weighted by atomic mass is 16.3. The molecule has 3 amide bonds. The SMILES string of the molecule is CC1CC1c1ccc(CN(C)C(=O)CCNC(N)=O)o1. The van der Waals surface area contributed by atoms with Gasteiger partial charge in [0.2, 0.25) is 5.91 Å². The zero-order chi connectivity index (χ0) is 14.7. The second-order valence-electron chi connectivity index (χ2n) is 5.41. The van der Waals surface area contributed by atoms with Crippen LogP contribution >= 0.6 is 0 Å². The summed E-state index contributed by atoms with van der Waals surface area (Å²) in [4.78, 5) is 23.9. The van der Waals surface area contributed by atoms with E-state index in [1.165, 1.54) is 6.42 Å². The topological polar surface area (TPSA) is 88.6 Å². The number of carbonyl (C=O) groups excluding carboxylic acids is 2. The molecule has 1 aliphatic rings. The summed E-state index contributed by atoms with van der Waals surface area (Å²) < 4.78 is 5.76. The van der Waals surface area contributed by atoms with E-state index in [2.05, 4.69) is 12.2 Å². The van der Waals surface area contributed by atoms with Crippen LogP contribution in [0.5, 0.6) is 0 Å². The normalized spacial score (nSPS) is 20.5. The minimum Gasteiger partial charge on any atom is -0.464 e. The molecule has 2 unspecified atom stereocenters. The van der Waals surface area contributed by atoms with Gasteiger partial charge in [-0.05, 0) is 24.5 Å². The van der Waals surface area contributed by atoms with E-state index in [-0.39, 0.29) is 18.9 Å². The number of primary amides is 1. The van der Waals surface area contributed by atoms with Gasteiger partial charge in [0, 0.05) is 25.9 Å². The molecule has 6 heteroatoms. The highest BCUT2D eigenvalue weighted by Crippen LogP contribution is 2.47. The summed E-state index contributed by atoms with van der Waals surface area (Å²) in [5.41, 5.74) is 4.94. The summed E-state index contributed by atoms with van der Waals surface area (Å²) in [5, 5.41) is 2.40. The number of hydrogen-bond acceptors (Lipinski definition) is 3. The fraction of sp³-hybridized carbons (Fsp3) is 0.571. The molecule has 0 radical (unpaired) electrons. The fourth-order valence-corrected chi connectivity index (χ4v) is 2.20. The zero-order valence-corrected chi connectivity index (χ0v) is 11.9. The lowest BCUT2D eigenvalue weighted by atomic mass is 10.3. The summed E-state index contributed by atoms with van der Waals surface area (Å²) >= 11 is 0. The first-order valence-corrected chi connectivity index (χ1v) is 6.83. The average molecular weight is 279 g/mol. The molecule has 1 fully saturated rings. The molecule has 0 bridgehead atoms. The summed E-state index contributed by atoms with van der Waals surface area (Å²) in [6.07, 6.45) is 1.41. The molecule has 1 aromatic heterocycles. The highest BCUT2D eigenvalue weighted by molar-refractivity contribution is 5.77. The van der Waals surface area contributed by atoms with Gasteiger partial charge < -0.3 is 20.4 Å². The number of hydrogen-bond donors (Lipinski definition) is 2. The Bertz CT molecular complexity index is 498. The Morgan fingerprint density at radius 2 is 2.20 bits per heavy atom. The van der Waals surface area contributed by atoms with Crippen LogP contribution in [0, 0.1) is 5.92 Å². The van der Waals surface area contributed by atoms with Crippen LogP contribution in [0.3, 0.4) is 0 Å². The number of carbonyl (C=O) groups is 2. The number of urea groups is 1. The summed E-state index contributed by atoms with van der Waals surface area (Å²) in [6, 6.07) is 3.30. The second-order valence-corrected chi connectivity index (χ2v) is 5.41. The molecule has 0 spiro atoms. The van der Waals surface area contributed by atoms with Crippen molar-refractivity contribution in [2.45, 2.75) is 32.2 Å². The van der Waals surface area contributed by atoms with Gasteiger partial charge in [0.05, 0.1) is 6.54 Å². The molecule has 110 valence electrons. The molecular formula is C14H21N3O3. The molecule has 1 saturated carbocycles. The molecule has 2 rings (SSSR count). The van der Waals surface area contributed by atoms with Crippen molar-refractivity contribution in [3.05, 3.63) is 23.7 Å². The Hall–Kier alpha value is -1.98. The van der Waals surface area contributed by atoms with Gasteiger partial charge in [0.25, 0.3) is 0 Å². The van der Waals surface area contributed by atoms with Crippen LogP contribution in [-0.2, 0) is 11.3 Å². The summed E-state index contributed by atoms with van der Waals surface area (Å²) in [6.45, 7) is 2.90. The van der Waals surface area contributed by atoms with Crippen LogP contribution < -0.4 is 11.1 Å². The van der Waals surface area contributed by atoms with E-state index in [0.717, 1.165) is 11.5 Å². The van der Waals surface area contributed by atoms with E-state index < -0.39 is 6.03 Å². The number of nitrogens with zero attached hydrogens (tertiary/aromatic N) is 1. The van der Waals surface area contributed by atoms with Crippen molar-refractivity contribution in [1.82, 2.24) is 10.2 Å². The molecule has 0 aliphatic heterocycles. The van der Waals surface area contributed by atoms with Crippen molar-refractivity contribution in [3.63, 3.8) is 0 Å². The van der Waals surface area contributed by atoms with Gasteiger partial charge in [-0.1, -0.05) is 6.92 Å².